The van der Waals surface area contributed by atoms with Crippen LogP contribution in [0, 0.1) is 12.8 Å². The van der Waals surface area contributed by atoms with Crippen LogP contribution in [0.5, 0.6) is 0 Å². The average Bonchev–Trinajstić information content (AvgIpc) is 2.61. The van der Waals surface area contributed by atoms with Gasteiger partial charge in [0.1, 0.15) is 0 Å². The van der Waals surface area contributed by atoms with Crippen molar-refractivity contribution in [2.75, 3.05) is 31.5 Å². The van der Waals surface area contributed by atoms with Crippen LogP contribution in [-0.2, 0) is 19.6 Å². The van der Waals surface area contributed by atoms with Gasteiger partial charge in [-0.05, 0) is 37.5 Å². The van der Waals surface area contributed by atoms with Gasteiger partial charge < -0.3 is 16.4 Å². The van der Waals surface area contributed by atoms with Gasteiger partial charge in [-0.3, -0.25) is 9.59 Å². The summed E-state index contributed by atoms with van der Waals surface area (Å²) < 4.78 is 27.3. The third kappa shape index (κ3) is 4.80. The highest BCUT2D eigenvalue weighted by atomic mass is 32.2. The predicted octanol–water partition coefficient (Wildman–Crippen LogP) is 0.429. The van der Waals surface area contributed by atoms with E-state index >= 15 is 0 Å². The zero-order chi connectivity index (χ0) is 19.3. The highest BCUT2D eigenvalue weighted by Crippen LogP contribution is 2.27. The maximum Gasteiger partial charge on any atom is 0.243 e. The SMILES string of the molecule is CC(=O)Nc1cc(S(=O)(=O)N2CCCC(C(=O)NCCN)C2)ccc1C. The summed E-state index contributed by atoms with van der Waals surface area (Å²) in [6.07, 6.45) is 1.26. The minimum Gasteiger partial charge on any atom is -0.355 e. The van der Waals surface area contributed by atoms with E-state index < -0.39 is 10.0 Å². The van der Waals surface area contributed by atoms with Gasteiger partial charge in [0.15, 0.2) is 0 Å². The third-order valence-electron chi connectivity index (χ3n) is 4.36. The molecule has 2 rings (SSSR count). The number of carbonyl (C=O) groups is 2. The Labute approximate surface area is 154 Å². The molecule has 8 nitrogen and oxygen atoms in total. The fraction of sp³-hybridized carbons (Fsp3) is 0.529. The summed E-state index contributed by atoms with van der Waals surface area (Å²) in [5.74, 6) is -0.819. The molecule has 1 fully saturated rings. The summed E-state index contributed by atoms with van der Waals surface area (Å²) in [4.78, 5) is 23.6. The Bertz CT molecular complexity index is 779. The summed E-state index contributed by atoms with van der Waals surface area (Å²) in [6, 6.07) is 4.64. The third-order valence-corrected chi connectivity index (χ3v) is 6.22. The Morgan fingerprint density at radius 2 is 2.08 bits per heavy atom. The maximum atomic E-state index is 13.0. The minimum absolute atomic E-state index is 0.106. The summed E-state index contributed by atoms with van der Waals surface area (Å²) >= 11 is 0. The molecule has 1 unspecified atom stereocenters. The number of hydrogen-bond donors (Lipinski definition) is 3. The van der Waals surface area contributed by atoms with Gasteiger partial charge in [0, 0.05) is 38.8 Å². The number of carbonyl (C=O) groups excluding carboxylic acids is 2. The Balaban J connectivity index is 2.21. The molecule has 1 atom stereocenters. The van der Waals surface area contributed by atoms with Gasteiger partial charge in [0.2, 0.25) is 21.8 Å². The van der Waals surface area contributed by atoms with Gasteiger partial charge in [-0.1, -0.05) is 6.07 Å². The van der Waals surface area contributed by atoms with Crippen molar-refractivity contribution < 1.29 is 18.0 Å². The molecule has 1 aromatic rings. The molecule has 1 heterocycles. The Hall–Kier alpha value is -1.97. The normalized spacial score (nSPS) is 18.3. The topological polar surface area (TPSA) is 122 Å². The van der Waals surface area contributed by atoms with Crippen LogP contribution in [0.15, 0.2) is 23.1 Å². The number of nitrogens with two attached hydrogens (primary N) is 1. The lowest BCUT2D eigenvalue weighted by Gasteiger charge is -2.31. The molecule has 0 spiro atoms. The summed E-state index contributed by atoms with van der Waals surface area (Å²) in [7, 11) is -3.75. The van der Waals surface area contributed by atoms with Crippen molar-refractivity contribution in [3.05, 3.63) is 23.8 Å². The molecule has 0 aromatic heterocycles. The molecule has 0 radical (unpaired) electrons. The van der Waals surface area contributed by atoms with Gasteiger partial charge in [-0.15, -0.1) is 0 Å². The second kappa shape index (κ2) is 8.61. The zero-order valence-corrected chi connectivity index (χ0v) is 15.9. The van der Waals surface area contributed by atoms with Crippen LogP contribution in [0.25, 0.3) is 0 Å². The van der Waals surface area contributed by atoms with E-state index in [1.807, 2.05) is 0 Å². The second-order valence-corrected chi connectivity index (χ2v) is 8.38. The van der Waals surface area contributed by atoms with E-state index in [9.17, 15) is 18.0 Å². The quantitative estimate of drug-likeness (QED) is 0.659. The zero-order valence-electron chi connectivity index (χ0n) is 15.1. The molecule has 4 N–H and O–H groups in total. The Morgan fingerprint density at radius 3 is 2.73 bits per heavy atom. The highest BCUT2D eigenvalue weighted by Gasteiger charge is 2.33. The molecule has 1 aliphatic heterocycles. The number of sulfonamides is 1. The highest BCUT2D eigenvalue weighted by molar-refractivity contribution is 7.89. The minimum atomic E-state index is -3.75. The molecule has 1 aromatic carbocycles. The van der Waals surface area contributed by atoms with Crippen molar-refractivity contribution in [1.29, 1.82) is 0 Å². The van der Waals surface area contributed by atoms with Crippen molar-refractivity contribution in [2.24, 2.45) is 11.7 Å². The van der Waals surface area contributed by atoms with Crippen molar-refractivity contribution in [3.63, 3.8) is 0 Å². The average molecular weight is 382 g/mol. The molecule has 144 valence electrons. The van der Waals surface area contributed by atoms with Crippen LogP contribution in [0.1, 0.15) is 25.3 Å². The van der Waals surface area contributed by atoms with E-state index in [1.54, 1.807) is 13.0 Å². The lowest BCUT2D eigenvalue weighted by Crippen LogP contribution is -2.46. The smallest absolute Gasteiger partial charge is 0.243 e. The number of anilines is 1. The largest absolute Gasteiger partial charge is 0.355 e. The Kier molecular flexibility index (Phi) is 6.74. The molecule has 1 aliphatic rings. The van der Waals surface area contributed by atoms with E-state index in [0.717, 1.165) is 5.56 Å². The van der Waals surface area contributed by atoms with Crippen LogP contribution < -0.4 is 16.4 Å². The number of nitrogens with one attached hydrogen (secondary N) is 2. The number of aryl methyl sites for hydroxylation is 1. The summed E-state index contributed by atoms with van der Waals surface area (Å²) in [5, 5.41) is 5.36. The van der Waals surface area contributed by atoms with Crippen LogP contribution in [0.2, 0.25) is 0 Å². The lowest BCUT2D eigenvalue weighted by molar-refractivity contribution is -0.126. The van der Waals surface area contributed by atoms with Crippen LogP contribution in [-0.4, -0.2) is 50.7 Å². The van der Waals surface area contributed by atoms with Gasteiger partial charge in [-0.25, -0.2) is 8.42 Å². The molecular weight excluding hydrogens is 356 g/mol. The standard InChI is InChI=1S/C17H26N4O4S/c1-12-5-6-15(10-16(12)20-13(2)22)26(24,25)21-9-3-4-14(11-21)17(23)19-8-7-18/h5-6,10,14H,3-4,7-9,11,18H2,1-2H3,(H,19,23)(H,20,22). The van der Waals surface area contributed by atoms with Gasteiger partial charge >= 0.3 is 0 Å². The van der Waals surface area contributed by atoms with E-state index in [1.165, 1.54) is 23.4 Å². The molecule has 0 aliphatic carbocycles. The summed E-state index contributed by atoms with van der Waals surface area (Å²) in [6.45, 7) is 4.39. The van der Waals surface area contributed by atoms with Crippen molar-refractivity contribution in [2.45, 2.75) is 31.6 Å². The van der Waals surface area contributed by atoms with E-state index in [2.05, 4.69) is 10.6 Å². The molecular formula is C17H26N4O4S. The van der Waals surface area contributed by atoms with Crippen molar-refractivity contribution in [1.82, 2.24) is 9.62 Å². The van der Waals surface area contributed by atoms with Gasteiger partial charge in [0.25, 0.3) is 0 Å². The number of amides is 2. The fourth-order valence-corrected chi connectivity index (χ4v) is 4.50. The first-order valence-corrected chi connectivity index (χ1v) is 10.1. The van der Waals surface area contributed by atoms with E-state index in [-0.39, 0.29) is 29.2 Å². The van der Waals surface area contributed by atoms with Gasteiger partial charge in [-0.2, -0.15) is 4.31 Å². The number of rotatable bonds is 6. The monoisotopic (exact) mass is 382 g/mol. The fourth-order valence-electron chi connectivity index (χ4n) is 2.95. The van der Waals surface area contributed by atoms with Crippen molar-refractivity contribution >= 4 is 27.5 Å². The van der Waals surface area contributed by atoms with Crippen LogP contribution in [0.4, 0.5) is 5.69 Å². The van der Waals surface area contributed by atoms with Crippen LogP contribution in [0.3, 0.4) is 0 Å². The van der Waals surface area contributed by atoms with Gasteiger partial charge in [0.05, 0.1) is 10.8 Å². The summed E-state index contributed by atoms with van der Waals surface area (Å²) in [5.41, 5.74) is 6.63. The number of hydrogen-bond acceptors (Lipinski definition) is 5. The first kappa shape index (κ1) is 20.3. The molecule has 26 heavy (non-hydrogen) atoms. The maximum absolute atomic E-state index is 13.0. The van der Waals surface area contributed by atoms with Crippen LogP contribution >= 0.6 is 0 Å². The Morgan fingerprint density at radius 1 is 1.35 bits per heavy atom. The first-order chi connectivity index (χ1) is 12.3. The number of nitrogens with zero attached hydrogens (tertiary/aromatic N) is 1. The molecule has 1 saturated heterocycles. The molecule has 0 bridgehead atoms. The van der Waals surface area contributed by atoms with E-state index in [4.69, 9.17) is 5.73 Å². The number of benzene rings is 1. The number of piperidine rings is 1. The first-order valence-electron chi connectivity index (χ1n) is 8.62. The lowest BCUT2D eigenvalue weighted by atomic mass is 9.99. The molecule has 2 amide bonds. The predicted molar refractivity (Wildman–Crippen MR) is 99.0 cm³/mol. The molecule has 0 saturated carbocycles. The van der Waals surface area contributed by atoms with E-state index in [0.29, 0.717) is 38.2 Å². The van der Waals surface area contributed by atoms with Crippen molar-refractivity contribution in [3.8, 4) is 0 Å². The molecule has 9 heteroatoms. The second-order valence-electron chi connectivity index (χ2n) is 6.44.